The summed E-state index contributed by atoms with van der Waals surface area (Å²) in [5.41, 5.74) is 0.367. The number of methoxy groups -OCH3 is 1. The van der Waals surface area contributed by atoms with Crippen molar-refractivity contribution < 1.29 is 14.3 Å². The fourth-order valence-corrected chi connectivity index (χ4v) is 5.10. The van der Waals surface area contributed by atoms with E-state index in [0.717, 1.165) is 31.6 Å². The summed E-state index contributed by atoms with van der Waals surface area (Å²) in [7, 11) is 3.45. The maximum atomic E-state index is 12.5. The Hall–Kier alpha value is -1.32. The lowest BCUT2D eigenvalue weighted by atomic mass is 9.44. The summed E-state index contributed by atoms with van der Waals surface area (Å²) >= 11 is 0. The number of unbranched alkanes of at least 4 members (excludes halogenated alkanes) is 1. The fourth-order valence-electron chi connectivity index (χ4n) is 5.10. The van der Waals surface area contributed by atoms with Crippen molar-refractivity contribution in [1.82, 2.24) is 4.90 Å². The van der Waals surface area contributed by atoms with E-state index in [0.29, 0.717) is 42.0 Å². The zero-order valence-electron chi connectivity index (χ0n) is 17.3. The molecule has 0 heterocycles. The van der Waals surface area contributed by atoms with E-state index in [-0.39, 0.29) is 5.97 Å². The molecular formula is C22H37NO3. The van der Waals surface area contributed by atoms with Crippen molar-refractivity contribution in [2.24, 2.45) is 23.2 Å². The van der Waals surface area contributed by atoms with Gasteiger partial charge in [0.1, 0.15) is 0 Å². The van der Waals surface area contributed by atoms with Gasteiger partial charge < -0.3 is 9.64 Å². The number of hydrogen-bond acceptors (Lipinski definition) is 3. The third-order valence-corrected chi connectivity index (χ3v) is 6.92. The molecule has 148 valence electrons. The molecule has 1 amide bonds. The van der Waals surface area contributed by atoms with Gasteiger partial charge in [-0.05, 0) is 61.7 Å². The van der Waals surface area contributed by atoms with Crippen molar-refractivity contribution >= 4 is 11.9 Å². The summed E-state index contributed by atoms with van der Waals surface area (Å²) in [6, 6.07) is 0.369. The van der Waals surface area contributed by atoms with Crippen LogP contribution in [0.3, 0.4) is 0 Å². The smallest absolute Gasteiger partial charge is 0.305 e. The zero-order chi connectivity index (χ0) is 19.3. The highest BCUT2D eigenvalue weighted by molar-refractivity contribution is 5.76. The molecule has 0 aromatic carbocycles. The van der Waals surface area contributed by atoms with Crippen LogP contribution in [0.1, 0.15) is 72.1 Å². The lowest BCUT2D eigenvalue weighted by Crippen LogP contribution is -2.63. The van der Waals surface area contributed by atoms with Crippen LogP contribution in [0.5, 0.6) is 0 Å². The van der Waals surface area contributed by atoms with Gasteiger partial charge in [0.25, 0.3) is 0 Å². The van der Waals surface area contributed by atoms with E-state index in [2.05, 4.69) is 42.6 Å². The van der Waals surface area contributed by atoms with Crippen molar-refractivity contribution in [2.45, 2.75) is 78.2 Å². The minimum atomic E-state index is -0.135. The summed E-state index contributed by atoms with van der Waals surface area (Å²) in [6.07, 6.45) is 11.8. The van der Waals surface area contributed by atoms with Crippen LogP contribution in [0, 0.1) is 23.2 Å². The van der Waals surface area contributed by atoms with E-state index < -0.39 is 0 Å². The first kappa shape index (κ1) is 21.0. The Balaban J connectivity index is 1.93. The Morgan fingerprint density at radius 3 is 2.54 bits per heavy atom. The summed E-state index contributed by atoms with van der Waals surface area (Å²) < 4.78 is 4.67. The Morgan fingerprint density at radius 1 is 1.19 bits per heavy atom. The van der Waals surface area contributed by atoms with Crippen LogP contribution >= 0.6 is 0 Å². The number of allylic oxidation sites excluding steroid dienone is 2. The molecule has 0 aromatic heterocycles. The molecule has 0 radical (unpaired) electrons. The lowest BCUT2D eigenvalue weighted by molar-refractivity contribution is -0.161. The standard InChI is InChI=1S/C22H37NO3/c1-6-11-19(24)23(4)21-16(14-17-15-18(21)22(17,2)3)12-9-7-8-10-13-20(25)26-5/h7,9,16-18,21H,6,8,10-15H2,1-5H3/b9-7-/t16-,17+,18+,21?/m0/s1. The molecule has 0 saturated heterocycles. The van der Waals surface area contributed by atoms with Crippen LogP contribution in [0.4, 0.5) is 0 Å². The first-order chi connectivity index (χ1) is 12.3. The van der Waals surface area contributed by atoms with Gasteiger partial charge in [0.05, 0.1) is 7.11 Å². The molecule has 0 aliphatic heterocycles. The van der Waals surface area contributed by atoms with Crippen molar-refractivity contribution in [1.29, 1.82) is 0 Å². The third kappa shape index (κ3) is 4.50. The van der Waals surface area contributed by atoms with Crippen LogP contribution < -0.4 is 0 Å². The van der Waals surface area contributed by atoms with E-state index in [9.17, 15) is 9.59 Å². The zero-order valence-corrected chi connectivity index (χ0v) is 17.3. The Labute approximate surface area is 159 Å². The lowest BCUT2D eigenvalue weighted by Gasteiger charge is -2.64. The molecule has 0 spiro atoms. The number of ether oxygens (including phenoxy) is 1. The number of amides is 1. The molecule has 4 nitrogen and oxygen atoms in total. The van der Waals surface area contributed by atoms with Crippen molar-refractivity contribution in [2.75, 3.05) is 14.2 Å². The van der Waals surface area contributed by atoms with Gasteiger partial charge in [-0.3, -0.25) is 9.59 Å². The molecule has 26 heavy (non-hydrogen) atoms. The highest BCUT2D eigenvalue weighted by Gasteiger charge is 2.58. The van der Waals surface area contributed by atoms with Gasteiger partial charge in [0.2, 0.25) is 5.91 Å². The summed E-state index contributed by atoms with van der Waals surface area (Å²) in [4.78, 5) is 25.7. The molecule has 2 bridgehead atoms. The topological polar surface area (TPSA) is 46.6 Å². The van der Waals surface area contributed by atoms with E-state index >= 15 is 0 Å². The molecule has 1 unspecified atom stereocenters. The second-order valence-corrected chi connectivity index (χ2v) is 8.78. The van der Waals surface area contributed by atoms with Crippen LogP contribution in [0.2, 0.25) is 0 Å². The largest absolute Gasteiger partial charge is 0.469 e. The van der Waals surface area contributed by atoms with Gasteiger partial charge in [-0.1, -0.05) is 32.9 Å². The average Bonchev–Trinajstić information content (AvgIpc) is 2.63. The Morgan fingerprint density at radius 2 is 1.92 bits per heavy atom. The van der Waals surface area contributed by atoms with Gasteiger partial charge in [-0.25, -0.2) is 0 Å². The van der Waals surface area contributed by atoms with Gasteiger partial charge >= 0.3 is 5.97 Å². The number of carbonyl (C=O) groups excluding carboxylic acids is 2. The van der Waals surface area contributed by atoms with Crippen LogP contribution in [0.25, 0.3) is 0 Å². The summed E-state index contributed by atoms with van der Waals surface area (Å²) in [5, 5.41) is 0. The summed E-state index contributed by atoms with van der Waals surface area (Å²) in [5.74, 6) is 2.16. The highest BCUT2D eigenvalue weighted by atomic mass is 16.5. The number of carbonyl (C=O) groups is 2. The quantitative estimate of drug-likeness (QED) is 0.342. The van der Waals surface area contributed by atoms with E-state index in [1.165, 1.54) is 20.0 Å². The number of esters is 1. The van der Waals surface area contributed by atoms with Crippen molar-refractivity contribution in [3.8, 4) is 0 Å². The number of nitrogens with zero attached hydrogens (tertiary/aromatic N) is 1. The third-order valence-electron chi connectivity index (χ3n) is 6.92. The number of rotatable bonds is 9. The molecule has 0 N–H and O–H groups in total. The second kappa shape index (κ2) is 9.05. The van der Waals surface area contributed by atoms with E-state index in [1.807, 2.05) is 7.05 Å². The minimum Gasteiger partial charge on any atom is -0.469 e. The minimum absolute atomic E-state index is 0.135. The van der Waals surface area contributed by atoms with Crippen LogP contribution in [0.15, 0.2) is 12.2 Å². The molecule has 4 atom stereocenters. The molecule has 0 aromatic rings. The molecule has 3 fully saturated rings. The molecule has 3 rings (SSSR count). The van der Waals surface area contributed by atoms with Crippen molar-refractivity contribution in [3.05, 3.63) is 12.2 Å². The predicted octanol–water partition coefficient (Wildman–Crippen LogP) is 4.59. The second-order valence-electron chi connectivity index (χ2n) is 8.78. The predicted molar refractivity (Wildman–Crippen MR) is 105 cm³/mol. The Kier molecular flexibility index (Phi) is 7.31. The maximum Gasteiger partial charge on any atom is 0.305 e. The molecule has 3 aliphatic carbocycles. The molecule has 4 heteroatoms. The number of hydrogen-bond donors (Lipinski definition) is 0. The van der Waals surface area contributed by atoms with Gasteiger partial charge in [0.15, 0.2) is 0 Å². The fraction of sp³-hybridized carbons (Fsp3) is 0.818. The monoisotopic (exact) mass is 363 g/mol. The van der Waals surface area contributed by atoms with E-state index in [4.69, 9.17) is 0 Å². The first-order valence-electron chi connectivity index (χ1n) is 10.3. The van der Waals surface area contributed by atoms with Gasteiger partial charge in [-0.2, -0.15) is 0 Å². The van der Waals surface area contributed by atoms with Crippen molar-refractivity contribution in [3.63, 3.8) is 0 Å². The maximum absolute atomic E-state index is 12.5. The van der Waals surface area contributed by atoms with Gasteiger partial charge in [-0.15, -0.1) is 0 Å². The first-order valence-corrected chi connectivity index (χ1v) is 10.3. The molecule has 3 saturated carbocycles. The molecule has 3 aliphatic rings. The van der Waals surface area contributed by atoms with Crippen LogP contribution in [-0.2, 0) is 14.3 Å². The normalized spacial score (nSPS) is 29.3. The SMILES string of the molecule is CCCC(=O)N(C)C1[C@@H](C/C=C\CCCC(=O)OC)C[C@@H]2C[C@H]1C2(C)C. The highest BCUT2D eigenvalue weighted by Crippen LogP contribution is 2.62. The Bertz CT molecular complexity index is 525. The number of fused-ring (bicyclic) bond motifs is 2. The van der Waals surface area contributed by atoms with E-state index in [1.54, 1.807) is 0 Å². The molecular weight excluding hydrogens is 326 g/mol. The summed E-state index contributed by atoms with van der Waals surface area (Å²) in [6.45, 7) is 6.84. The van der Waals surface area contributed by atoms with Crippen LogP contribution in [-0.4, -0.2) is 37.0 Å². The van der Waals surface area contributed by atoms with Gasteiger partial charge in [0, 0.05) is 25.9 Å². The average molecular weight is 364 g/mol.